The van der Waals surface area contributed by atoms with E-state index in [1.165, 1.54) is 7.05 Å². The summed E-state index contributed by atoms with van der Waals surface area (Å²) < 4.78 is 25.3. The molecule has 0 heterocycles. The van der Waals surface area contributed by atoms with Crippen LogP contribution in [0.25, 0.3) is 0 Å². The van der Waals surface area contributed by atoms with Crippen molar-refractivity contribution in [3.63, 3.8) is 0 Å². The van der Waals surface area contributed by atoms with Gasteiger partial charge in [-0.1, -0.05) is 22.0 Å². The SMILES string of the molecule is CNS(=O)(=O)CCNC(=O)Nc1ccc(C)c(Br)c1. The van der Waals surface area contributed by atoms with Crippen molar-refractivity contribution in [2.45, 2.75) is 6.92 Å². The molecule has 0 fully saturated rings. The molecule has 0 aliphatic rings. The summed E-state index contributed by atoms with van der Waals surface area (Å²) in [4.78, 5) is 11.5. The lowest BCUT2D eigenvalue weighted by atomic mass is 10.2. The lowest BCUT2D eigenvalue weighted by Gasteiger charge is -2.08. The molecule has 0 aliphatic carbocycles. The van der Waals surface area contributed by atoms with Crippen molar-refractivity contribution in [2.24, 2.45) is 0 Å². The predicted molar refractivity (Wildman–Crippen MR) is 78.7 cm³/mol. The summed E-state index contributed by atoms with van der Waals surface area (Å²) in [6.07, 6.45) is 0. The van der Waals surface area contributed by atoms with Gasteiger partial charge in [0.15, 0.2) is 0 Å². The van der Waals surface area contributed by atoms with Gasteiger partial charge in [-0.05, 0) is 31.7 Å². The lowest BCUT2D eigenvalue weighted by Crippen LogP contribution is -2.35. The summed E-state index contributed by atoms with van der Waals surface area (Å²) in [6.45, 7) is 1.98. The number of benzene rings is 1. The molecule has 106 valence electrons. The number of sulfonamides is 1. The summed E-state index contributed by atoms with van der Waals surface area (Å²) in [5.41, 5.74) is 1.69. The molecule has 8 heteroatoms. The third kappa shape index (κ3) is 5.58. The second-order valence-electron chi connectivity index (χ2n) is 3.87. The van der Waals surface area contributed by atoms with Gasteiger partial charge in [0.1, 0.15) is 0 Å². The zero-order chi connectivity index (χ0) is 14.5. The molecule has 1 aromatic carbocycles. The molecular weight excluding hydrogens is 334 g/mol. The molecule has 0 spiro atoms. The largest absolute Gasteiger partial charge is 0.337 e. The molecule has 2 amide bonds. The summed E-state index contributed by atoms with van der Waals surface area (Å²) in [7, 11) is -1.97. The highest BCUT2D eigenvalue weighted by Gasteiger charge is 2.08. The van der Waals surface area contributed by atoms with Crippen molar-refractivity contribution in [1.82, 2.24) is 10.0 Å². The van der Waals surface area contributed by atoms with E-state index in [0.29, 0.717) is 5.69 Å². The minimum absolute atomic E-state index is 0.0437. The van der Waals surface area contributed by atoms with Gasteiger partial charge in [0.2, 0.25) is 10.0 Å². The molecule has 0 bridgehead atoms. The van der Waals surface area contributed by atoms with E-state index >= 15 is 0 Å². The van der Waals surface area contributed by atoms with Crippen LogP contribution < -0.4 is 15.4 Å². The lowest BCUT2D eigenvalue weighted by molar-refractivity contribution is 0.252. The minimum atomic E-state index is -3.30. The average molecular weight is 350 g/mol. The fourth-order valence-corrected chi connectivity index (χ4v) is 2.20. The van der Waals surface area contributed by atoms with Crippen molar-refractivity contribution in [2.75, 3.05) is 24.7 Å². The number of rotatable bonds is 5. The van der Waals surface area contributed by atoms with Gasteiger partial charge in [-0.15, -0.1) is 0 Å². The second-order valence-corrected chi connectivity index (χ2v) is 6.77. The Kier molecular flexibility index (Phi) is 5.77. The third-order valence-corrected chi connectivity index (χ3v) is 4.61. The van der Waals surface area contributed by atoms with Crippen LogP contribution in [-0.4, -0.2) is 33.8 Å². The third-order valence-electron chi connectivity index (χ3n) is 2.40. The molecule has 1 aromatic rings. The van der Waals surface area contributed by atoms with Gasteiger partial charge in [0.25, 0.3) is 0 Å². The number of nitrogens with one attached hydrogen (secondary N) is 3. The van der Waals surface area contributed by atoms with Crippen LogP contribution in [0.3, 0.4) is 0 Å². The Morgan fingerprint density at radius 1 is 1.37 bits per heavy atom. The van der Waals surface area contributed by atoms with E-state index in [4.69, 9.17) is 0 Å². The highest BCUT2D eigenvalue weighted by Crippen LogP contribution is 2.20. The van der Waals surface area contributed by atoms with Gasteiger partial charge in [-0.3, -0.25) is 0 Å². The second kappa shape index (κ2) is 6.88. The van der Waals surface area contributed by atoms with Gasteiger partial charge in [-0.25, -0.2) is 17.9 Å². The van der Waals surface area contributed by atoms with Crippen LogP contribution in [0.5, 0.6) is 0 Å². The first kappa shape index (κ1) is 15.9. The van der Waals surface area contributed by atoms with Crippen LogP contribution in [0.2, 0.25) is 0 Å². The minimum Gasteiger partial charge on any atom is -0.337 e. The van der Waals surface area contributed by atoms with E-state index in [0.717, 1.165) is 10.0 Å². The summed E-state index contributed by atoms with van der Waals surface area (Å²) in [5, 5.41) is 5.09. The first-order valence-corrected chi connectivity index (χ1v) is 8.01. The highest BCUT2D eigenvalue weighted by atomic mass is 79.9. The molecule has 0 radical (unpaired) electrons. The van der Waals surface area contributed by atoms with Crippen LogP contribution in [0.1, 0.15) is 5.56 Å². The van der Waals surface area contributed by atoms with Gasteiger partial charge in [-0.2, -0.15) is 0 Å². The number of halogens is 1. The zero-order valence-corrected chi connectivity index (χ0v) is 13.1. The standard InChI is InChI=1S/C11H16BrN3O3S/c1-8-3-4-9(7-10(8)12)15-11(16)14-5-6-19(17,18)13-2/h3-4,7,13H,5-6H2,1-2H3,(H2,14,15,16). The van der Waals surface area contributed by atoms with Gasteiger partial charge >= 0.3 is 6.03 Å². The molecule has 0 saturated heterocycles. The van der Waals surface area contributed by atoms with E-state index < -0.39 is 16.1 Å². The van der Waals surface area contributed by atoms with Crippen LogP contribution in [0, 0.1) is 6.92 Å². The molecule has 3 N–H and O–H groups in total. The molecule has 1 rings (SSSR count). The molecule has 0 unspecified atom stereocenters. The Bertz CT molecular complexity index is 560. The van der Waals surface area contributed by atoms with E-state index in [2.05, 4.69) is 31.3 Å². The van der Waals surface area contributed by atoms with Crippen LogP contribution in [-0.2, 0) is 10.0 Å². The zero-order valence-electron chi connectivity index (χ0n) is 10.7. The molecule has 0 saturated carbocycles. The number of hydrogen-bond donors (Lipinski definition) is 3. The van der Waals surface area contributed by atoms with Gasteiger partial charge in [0, 0.05) is 16.7 Å². The number of anilines is 1. The van der Waals surface area contributed by atoms with Gasteiger partial charge in [0.05, 0.1) is 5.75 Å². The quantitative estimate of drug-likeness (QED) is 0.751. The molecule has 0 atom stereocenters. The van der Waals surface area contributed by atoms with E-state index in [9.17, 15) is 13.2 Å². The normalized spacial score (nSPS) is 11.1. The topological polar surface area (TPSA) is 87.3 Å². The van der Waals surface area contributed by atoms with Crippen molar-refractivity contribution in [1.29, 1.82) is 0 Å². The first-order valence-electron chi connectivity index (χ1n) is 5.56. The molecule has 19 heavy (non-hydrogen) atoms. The Morgan fingerprint density at radius 3 is 2.63 bits per heavy atom. The number of amides is 2. The summed E-state index contributed by atoms with van der Waals surface area (Å²) >= 11 is 3.36. The van der Waals surface area contributed by atoms with Crippen LogP contribution in [0.4, 0.5) is 10.5 Å². The maximum absolute atomic E-state index is 11.5. The van der Waals surface area contributed by atoms with Crippen LogP contribution in [0.15, 0.2) is 22.7 Å². The summed E-state index contributed by atoms with van der Waals surface area (Å²) in [5.74, 6) is -0.158. The van der Waals surface area contributed by atoms with Crippen LogP contribution >= 0.6 is 15.9 Å². The van der Waals surface area contributed by atoms with E-state index in [-0.39, 0.29) is 12.3 Å². The van der Waals surface area contributed by atoms with Crippen molar-refractivity contribution in [3.8, 4) is 0 Å². The molecular formula is C11H16BrN3O3S. The highest BCUT2D eigenvalue weighted by molar-refractivity contribution is 9.10. The van der Waals surface area contributed by atoms with Crippen molar-refractivity contribution >= 4 is 37.7 Å². The van der Waals surface area contributed by atoms with Crippen molar-refractivity contribution in [3.05, 3.63) is 28.2 Å². The monoisotopic (exact) mass is 349 g/mol. The Balaban J connectivity index is 2.45. The Morgan fingerprint density at radius 2 is 2.05 bits per heavy atom. The number of urea groups is 1. The molecule has 0 aromatic heterocycles. The van der Waals surface area contributed by atoms with Crippen molar-refractivity contribution < 1.29 is 13.2 Å². The fourth-order valence-electron chi connectivity index (χ4n) is 1.25. The fraction of sp³-hybridized carbons (Fsp3) is 0.364. The molecule has 6 nitrogen and oxygen atoms in total. The smallest absolute Gasteiger partial charge is 0.319 e. The summed E-state index contributed by atoms with van der Waals surface area (Å²) in [6, 6.07) is 4.97. The maximum atomic E-state index is 11.5. The van der Waals surface area contributed by atoms with E-state index in [1.54, 1.807) is 12.1 Å². The first-order chi connectivity index (χ1) is 8.84. The van der Waals surface area contributed by atoms with Gasteiger partial charge < -0.3 is 10.6 Å². The average Bonchev–Trinajstić information content (AvgIpc) is 2.33. The predicted octanol–water partition coefficient (Wildman–Crippen LogP) is 1.43. The molecule has 0 aliphatic heterocycles. The maximum Gasteiger partial charge on any atom is 0.319 e. The Hall–Kier alpha value is -1.12. The number of carbonyl (C=O) groups excluding carboxylic acids is 1. The number of aryl methyl sites for hydroxylation is 1. The number of carbonyl (C=O) groups is 1. The van der Waals surface area contributed by atoms with E-state index in [1.807, 2.05) is 13.0 Å². The Labute approximate surface area is 121 Å². The number of hydrogen-bond acceptors (Lipinski definition) is 3.